The van der Waals surface area contributed by atoms with Crippen LogP contribution in [0.2, 0.25) is 0 Å². The summed E-state index contributed by atoms with van der Waals surface area (Å²) in [5.41, 5.74) is 3.55. The van der Waals surface area contributed by atoms with Crippen LogP contribution in [-0.2, 0) is 5.41 Å². The van der Waals surface area contributed by atoms with E-state index < -0.39 is 0 Å². The zero-order valence-electron chi connectivity index (χ0n) is 9.83. The van der Waals surface area contributed by atoms with Crippen LogP contribution in [0.1, 0.15) is 43.7 Å². The lowest BCUT2D eigenvalue weighted by atomic mass is 9.72. The highest BCUT2D eigenvalue weighted by atomic mass is 127. The van der Waals surface area contributed by atoms with Gasteiger partial charge in [-0.05, 0) is 67.4 Å². The Kier molecular flexibility index (Phi) is 2.43. The molecule has 2 unspecified atom stereocenters. The Bertz CT molecular complexity index is 456. The molecule has 1 heteroatoms. The Balaban J connectivity index is 2.14. The van der Waals surface area contributed by atoms with Gasteiger partial charge >= 0.3 is 0 Å². The summed E-state index contributed by atoms with van der Waals surface area (Å²) < 4.78 is 1.56. The number of rotatable bonds is 0. The van der Waals surface area contributed by atoms with Crippen molar-refractivity contribution in [2.75, 3.05) is 0 Å². The molecule has 0 fully saturated rings. The maximum Gasteiger partial charge on any atom is -0.00632 e. The van der Waals surface area contributed by atoms with E-state index in [0.717, 1.165) is 11.8 Å². The van der Waals surface area contributed by atoms with Crippen molar-refractivity contribution in [3.8, 4) is 0 Å². The molecule has 3 rings (SSSR count). The standard InChI is InChI=1S/C15H17I/c1-15(2)13-6-4-3-5-11(13)12-8-7-10(16)9-14(12)15/h3-7,12,14H,8-9H2,1-2H3. The first-order chi connectivity index (χ1) is 7.60. The van der Waals surface area contributed by atoms with E-state index in [-0.39, 0.29) is 0 Å². The van der Waals surface area contributed by atoms with Gasteiger partial charge in [-0.25, -0.2) is 0 Å². The monoisotopic (exact) mass is 324 g/mol. The first kappa shape index (κ1) is 10.8. The Morgan fingerprint density at radius 3 is 2.81 bits per heavy atom. The summed E-state index contributed by atoms with van der Waals surface area (Å²) >= 11 is 2.51. The van der Waals surface area contributed by atoms with Gasteiger partial charge in [0, 0.05) is 0 Å². The molecule has 0 bridgehead atoms. The molecule has 0 nitrogen and oxygen atoms in total. The third-order valence-electron chi connectivity index (χ3n) is 4.48. The lowest BCUT2D eigenvalue weighted by Crippen LogP contribution is -2.27. The summed E-state index contributed by atoms with van der Waals surface area (Å²) in [4.78, 5) is 0. The van der Waals surface area contributed by atoms with E-state index in [2.05, 4.69) is 66.8 Å². The molecule has 0 aromatic heterocycles. The van der Waals surface area contributed by atoms with Crippen molar-refractivity contribution < 1.29 is 0 Å². The van der Waals surface area contributed by atoms with Gasteiger partial charge in [0.15, 0.2) is 0 Å². The molecule has 0 heterocycles. The van der Waals surface area contributed by atoms with Crippen LogP contribution in [0.5, 0.6) is 0 Å². The number of halogens is 1. The third-order valence-corrected chi connectivity index (χ3v) is 5.36. The van der Waals surface area contributed by atoms with Crippen molar-refractivity contribution in [2.45, 2.75) is 38.0 Å². The first-order valence-electron chi connectivity index (χ1n) is 6.04. The summed E-state index contributed by atoms with van der Waals surface area (Å²) in [6.07, 6.45) is 4.94. The van der Waals surface area contributed by atoms with Crippen LogP contribution < -0.4 is 0 Å². The van der Waals surface area contributed by atoms with Crippen LogP contribution in [0.15, 0.2) is 33.9 Å². The highest BCUT2D eigenvalue weighted by molar-refractivity contribution is 14.1. The Labute approximate surface area is 111 Å². The lowest BCUT2D eigenvalue weighted by Gasteiger charge is -2.33. The average Bonchev–Trinajstić information content (AvgIpc) is 2.49. The van der Waals surface area contributed by atoms with Crippen LogP contribution in [0.25, 0.3) is 0 Å². The molecule has 0 radical (unpaired) electrons. The highest BCUT2D eigenvalue weighted by Gasteiger charge is 2.46. The van der Waals surface area contributed by atoms with E-state index >= 15 is 0 Å². The fourth-order valence-electron chi connectivity index (χ4n) is 3.56. The van der Waals surface area contributed by atoms with Gasteiger partial charge in [-0.1, -0.05) is 44.2 Å². The summed E-state index contributed by atoms with van der Waals surface area (Å²) in [7, 11) is 0. The minimum absolute atomic E-state index is 0.353. The number of benzene rings is 1. The molecule has 0 aliphatic heterocycles. The van der Waals surface area contributed by atoms with Gasteiger partial charge in [-0.15, -0.1) is 0 Å². The van der Waals surface area contributed by atoms with Gasteiger partial charge in [0.1, 0.15) is 0 Å². The van der Waals surface area contributed by atoms with Crippen molar-refractivity contribution in [1.82, 2.24) is 0 Å². The van der Waals surface area contributed by atoms with Gasteiger partial charge in [0.25, 0.3) is 0 Å². The second kappa shape index (κ2) is 3.59. The molecule has 2 aliphatic rings. The fraction of sp³-hybridized carbons (Fsp3) is 0.467. The topological polar surface area (TPSA) is 0 Å². The smallest absolute Gasteiger partial charge is 0.00632 e. The first-order valence-corrected chi connectivity index (χ1v) is 7.12. The van der Waals surface area contributed by atoms with Crippen molar-refractivity contribution in [2.24, 2.45) is 5.92 Å². The predicted octanol–water partition coefficient (Wildman–Crippen LogP) is 4.79. The minimum atomic E-state index is 0.353. The van der Waals surface area contributed by atoms with E-state index in [9.17, 15) is 0 Å². The summed E-state index contributed by atoms with van der Waals surface area (Å²) in [5.74, 6) is 1.58. The van der Waals surface area contributed by atoms with E-state index in [1.54, 1.807) is 14.7 Å². The molecule has 0 N–H and O–H groups in total. The quantitative estimate of drug-likeness (QED) is 0.602. The van der Waals surface area contributed by atoms with Crippen LogP contribution >= 0.6 is 22.6 Å². The molecule has 84 valence electrons. The molecule has 1 aromatic rings. The Morgan fingerprint density at radius 1 is 1.25 bits per heavy atom. The average molecular weight is 324 g/mol. The summed E-state index contributed by atoms with van der Waals surface area (Å²) in [6.45, 7) is 4.84. The number of fused-ring (bicyclic) bond motifs is 3. The van der Waals surface area contributed by atoms with E-state index in [1.807, 2.05) is 0 Å². The van der Waals surface area contributed by atoms with Gasteiger partial charge < -0.3 is 0 Å². The highest BCUT2D eigenvalue weighted by Crippen LogP contribution is 2.56. The van der Waals surface area contributed by atoms with E-state index in [0.29, 0.717) is 5.41 Å². The minimum Gasteiger partial charge on any atom is -0.0746 e. The van der Waals surface area contributed by atoms with E-state index in [1.165, 1.54) is 12.8 Å². The Morgan fingerprint density at radius 2 is 2.00 bits per heavy atom. The molecule has 2 atom stereocenters. The molecule has 0 spiro atoms. The van der Waals surface area contributed by atoms with Gasteiger partial charge in [0.2, 0.25) is 0 Å². The second-order valence-electron chi connectivity index (χ2n) is 5.61. The van der Waals surface area contributed by atoms with Gasteiger partial charge in [0.05, 0.1) is 0 Å². The summed E-state index contributed by atoms with van der Waals surface area (Å²) in [5, 5.41) is 0. The molecule has 0 amide bonds. The van der Waals surface area contributed by atoms with E-state index in [4.69, 9.17) is 0 Å². The third kappa shape index (κ3) is 1.40. The molecule has 16 heavy (non-hydrogen) atoms. The molecule has 2 aliphatic carbocycles. The molecule has 0 saturated heterocycles. The fourth-order valence-corrected chi connectivity index (χ4v) is 4.29. The maximum atomic E-state index is 2.51. The van der Waals surface area contributed by atoms with Crippen LogP contribution in [0, 0.1) is 5.92 Å². The molecule has 0 saturated carbocycles. The maximum absolute atomic E-state index is 2.51. The van der Waals surface area contributed by atoms with Crippen LogP contribution in [-0.4, -0.2) is 0 Å². The van der Waals surface area contributed by atoms with Gasteiger partial charge in [-0.2, -0.15) is 0 Å². The molecular weight excluding hydrogens is 307 g/mol. The predicted molar refractivity (Wildman–Crippen MR) is 77.0 cm³/mol. The van der Waals surface area contributed by atoms with Crippen LogP contribution in [0.4, 0.5) is 0 Å². The summed E-state index contributed by atoms with van der Waals surface area (Å²) in [6, 6.07) is 9.06. The number of hydrogen-bond acceptors (Lipinski definition) is 0. The van der Waals surface area contributed by atoms with Crippen molar-refractivity contribution >= 4 is 22.6 Å². The number of hydrogen-bond donors (Lipinski definition) is 0. The lowest BCUT2D eigenvalue weighted by molar-refractivity contribution is 0.296. The second-order valence-corrected chi connectivity index (χ2v) is 7.00. The molecular formula is C15H17I. The van der Waals surface area contributed by atoms with Crippen molar-refractivity contribution in [1.29, 1.82) is 0 Å². The SMILES string of the molecule is CC1(C)c2ccccc2C2CC=C(I)CC21. The zero-order valence-corrected chi connectivity index (χ0v) is 12.0. The van der Waals surface area contributed by atoms with Crippen molar-refractivity contribution in [3.05, 3.63) is 45.0 Å². The zero-order chi connectivity index (χ0) is 11.3. The number of allylic oxidation sites excluding steroid dienone is 2. The normalized spacial score (nSPS) is 30.6. The molecule has 1 aromatic carbocycles. The Hall–Kier alpha value is -0.310. The largest absolute Gasteiger partial charge is 0.0746 e. The van der Waals surface area contributed by atoms with Gasteiger partial charge in [-0.3, -0.25) is 0 Å². The van der Waals surface area contributed by atoms with Crippen LogP contribution in [0.3, 0.4) is 0 Å². The van der Waals surface area contributed by atoms with Crippen molar-refractivity contribution in [3.63, 3.8) is 0 Å².